The molecule has 0 saturated heterocycles. The van der Waals surface area contributed by atoms with E-state index in [0.717, 1.165) is 107 Å². The van der Waals surface area contributed by atoms with E-state index in [9.17, 15) is 0 Å². The van der Waals surface area contributed by atoms with Gasteiger partial charge < -0.3 is 39.9 Å². The molecule has 0 atom stereocenters. The number of rotatable bonds is 12. The van der Waals surface area contributed by atoms with Gasteiger partial charge in [0, 0.05) is 129 Å². The van der Waals surface area contributed by atoms with Gasteiger partial charge in [-0.3, -0.25) is 0 Å². The maximum absolute atomic E-state index is 4.54. The molecule has 0 aliphatic rings. The molecule has 127 heavy (non-hydrogen) atoms. The first-order chi connectivity index (χ1) is 60.8. The molecular weight excluding hydrogens is 2260 g/mol. The third-order valence-corrected chi connectivity index (χ3v) is 18.9. The third-order valence-electron chi connectivity index (χ3n) is 18.9. The van der Waals surface area contributed by atoms with Crippen LogP contribution in [0.15, 0.2) is 468 Å². The summed E-state index contributed by atoms with van der Waals surface area (Å²) >= 11 is 0. The first-order valence-corrected chi connectivity index (χ1v) is 40.3. The second kappa shape index (κ2) is 54.2. The molecule has 12 aromatic carbocycles. The van der Waals surface area contributed by atoms with E-state index < -0.39 is 0 Å². The van der Waals surface area contributed by atoms with Crippen LogP contribution in [0.1, 0.15) is 16.8 Å². The van der Waals surface area contributed by atoms with Crippen molar-refractivity contribution in [2.24, 2.45) is 0 Å². The van der Waals surface area contributed by atoms with Crippen LogP contribution in [-0.2, 0) is 80.4 Å². The second-order valence-corrected chi connectivity index (χ2v) is 27.7. The molecule has 0 amide bonds. The summed E-state index contributed by atoms with van der Waals surface area (Å²) in [7, 11) is 0. The van der Waals surface area contributed by atoms with Crippen LogP contribution >= 0.6 is 0 Å². The minimum absolute atomic E-state index is 0. The molecule has 12 heteroatoms. The number of pyridine rings is 8. The van der Waals surface area contributed by atoms with E-state index in [1.54, 1.807) is 24.8 Å². The number of hydrogen-bond donors (Lipinski definition) is 0. The predicted molar refractivity (Wildman–Crippen MR) is 504 cm³/mol. The predicted octanol–water partition coefficient (Wildman–Crippen LogP) is 28.0. The zero-order valence-electron chi connectivity index (χ0n) is 69.9. The van der Waals surface area contributed by atoms with Crippen molar-refractivity contribution >= 4 is 0 Å². The first kappa shape index (κ1) is 97.2. The molecule has 630 valence electrons. The topological polar surface area (TPSA) is 103 Å². The Morgan fingerprint density at radius 2 is 0.488 bits per heavy atom. The smallest absolute Gasteiger partial charge is 0.0266 e. The van der Waals surface area contributed by atoms with Gasteiger partial charge in [0.05, 0.1) is 0 Å². The Labute approximate surface area is 801 Å². The van der Waals surface area contributed by atoms with Crippen molar-refractivity contribution in [2.75, 3.05) is 0 Å². The Kier molecular flexibility index (Phi) is 41.5. The van der Waals surface area contributed by atoms with Crippen LogP contribution < -0.4 is 0 Å². The minimum Gasteiger partial charge on any atom is -0.305 e. The van der Waals surface area contributed by atoms with Gasteiger partial charge in [-0.15, -0.1) is 275 Å². The van der Waals surface area contributed by atoms with Crippen LogP contribution in [0.5, 0.6) is 0 Å². The summed E-state index contributed by atoms with van der Waals surface area (Å²) in [6.45, 7) is 6.18. The van der Waals surface area contributed by atoms with E-state index in [-0.39, 0.29) is 80.4 Å². The number of aryl methyl sites for hydroxylation is 3. The van der Waals surface area contributed by atoms with E-state index in [0.29, 0.717) is 0 Å². The molecule has 20 aromatic rings. The molecule has 0 saturated carbocycles. The number of nitrogens with zero attached hydrogens (tertiary/aromatic N) is 8. The van der Waals surface area contributed by atoms with Crippen molar-refractivity contribution in [3.8, 4) is 135 Å². The summed E-state index contributed by atoms with van der Waals surface area (Å²) < 4.78 is 0. The Morgan fingerprint density at radius 1 is 0.189 bits per heavy atom. The molecule has 0 N–H and O–H groups in total. The molecule has 0 bridgehead atoms. The molecule has 20 rings (SSSR count). The fraction of sp³-hybridized carbons (Fsp3) is 0.0261. The summed E-state index contributed by atoms with van der Waals surface area (Å²) in [5, 5.41) is 0. The average Bonchev–Trinajstić information content (AvgIpc) is 0.837. The van der Waals surface area contributed by atoms with Gasteiger partial charge >= 0.3 is 0 Å². The summed E-state index contributed by atoms with van der Waals surface area (Å²) in [6.07, 6.45) is 12.8. The SMILES string of the molecule is Cc1cccc(-c2[c-]cccc2)n1.Cc1ccccc1-c1ccc(-c2[c-]cccc2)nc1.Cc1ccnc(-c2[c-]cc(-c3ccccc3)cc2)c1.[Ir].[Ir].[Ir].[Ir].[c-]1cc(-c2ccccc2)ccc1-c1ccccn1.[c-]1ccccc1-c1ccc(-c2ccccc2)cn1.[c-]1ccccc1-c1ccccn1.[c-]1ccccc1-c1ccccn1.[c-]1ccccc1-c1ccccn1. The fourth-order valence-electron chi connectivity index (χ4n) is 12.5. The third kappa shape index (κ3) is 31.3. The maximum atomic E-state index is 4.54. The normalized spacial score (nSPS) is 9.76. The van der Waals surface area contributed by atoms with Crippen LogP contribution in [0.2, 0.25) is 0 Å². The molecule has 0 aliphatic carbocycles. The Morgan fingerprint density at radius 3 is 0.803 bits per heavy atom. The number of aromatic nitrogens is 8. The van der Waals surface area contributed by atoms with Gasteiger partial charge in [-0.05, 0) is 131 Å². The van der Waals surface area contributed by atoms with Crippen LogP contribution in [0.25, 0.3) is 135 Å². The molecule has 0 spiro atoms. The van der Waals surface area contributed by atoms with Crippen LogP contribution in [0.4, 0.5) is 0 Å². The van der Waals surface area contributed by atoms with E-state index in [2.05, 4.69) is 205 Å². The van der Waals surface area contributed by atoms with Crippen LogP contribution in [-0.4, -0.2) is 39.9 Å². The summed E-state index contributed by atoms with van der Waals surface area (Å²) in [4.78, 5) is 34.8. The molecule has 0 fully saturated rings. The van der Waals surface area contributed by atoms with Gasteiger partial charge in [-0.1, -0.05) is 234 Å². The van der Waals surface area contributed by atoms with Gasteiger partial charge in [-0.2, -0.15) is 0 Å². The Bertz CT molecular complexity index is 5820. The van der Waals surface area contributed by atoms with Crippen molar-refractivity contribution in [1.29, 1.82) is 0 Å². The zero-order valence-corrected chi connectivity index (χ0v) is 79.4. The average molecular weight is 2350 g/mol. The second-order valence-electron chi connectivity index (χ2n) is 27.7. The minimum atomic E-state index is 0. The molecular formula is C115H86Ir4N8-8. The summed E-state index contributed by atoms with van der Waals surface area (Å²) in [5.41, 5.74) is 29.0. The van der Waals surface area contributed by atoms with Gasteiger partial charge in [-0.25, -0.2) is 0 Å². The molecule has 8 heterocycles. The first-order valence-electron chi connectivity index (χ1n) is 40.3. The summed E-state index contributed by atoms with van der Waals surface area (Å²) in [6, 6.07) is 166. The van der Waals surface area contributed by atoms with Crippen molar-refractivity contribution < 1.29 is 80.4 Å². The fourth-order valence-corrected chi connectivity index (χ4v) is 12.5. The van der Waals surface area contributed by atoms with E-state index in [4.69, 9.17) is 0 Å². The largest absolute Gasteiger partial charge is 0.305 e. The molecule has 0 aliphatic heterocycles. The Balaban J connectivity index is 0.000000164. The van der Waals surface area contributed by atoms with Crippen molar-refractivity contribution in [1.82, 2.24) is 39.9 Å². The molecule has 8 aromatic heterocycles. The van der Waals surface area contributed by atoms with E-state index in [1.807, 2.05) is 347 Å². The van der Waals surface area contributed by atoms with Gasteiger partial charge in [0.25, 0.3) is 0 Å². The van der Waals surface area contributed by atoms with E-state index in [1.165, 1.54) is 44.5 Å². The van der Waals surface area contributed by atoms with Gasteiger partial charge in [0.15, 0.2) is 0 Å². The quantitative estimate of drug-likeness (QED) is 0.111. The van der Waals surface area contributed by atoms with Crippen LogP contribution in [0.3, 0.4) is 0 Å². The van der Waals surface area contributed by atoms with Gasteiger partial charge in [0.2, 0.25) is 0 Å². The summed E-state index contributed by atoms with van der Waals surface area (Å²) in [5.74, 6) is 0. The van der Waals surface area contributed by atoms with Gasteiger partial charge in [0.1, 0.15) is 0 Å². The molecule has 8 nitrogen and oxygen atoms in total. The van der Waals surface area contributed by atoms with Crippen molar-refractivity contribution in [2.45, 2.75) is 20.8 Å². The van der Waals surface area contributed by atoms with E-state index >= 15 is 0 Å². The number of hydrogen-bond acceptors (Lipinski definition) is 8. The Hall–Kier alpha value is -13.6. The maximum Gasteiger partial charge on any atom is 0.0266 e. The number of benzene rings is 12. The van der Waals surface area contributed by atoms with Crippen LogP contribution in [0, 0.1) is 69.3 Å². The zero-order chi connectivity index (χ0) is 84.3. The standard InChI is InChI=1S/2C18H14N.2C17H12N.C12H10N.3C11H8N.4Ir/c1-14-7-5-6-10-17(14)16-11-12-18(19-13-16)15-8-3-2-4-9-15;1-14-11-12-19-18(13-14)17-9-7-16(8-10-17)15-5-3-2-4-6-15;1-3-7-14(8-4-1)16-11-12-17(18-13-16)15-9-5-2-6-10-15;1-2-6-14(7-3-1)15-9-11-16(12-10-15)17-8-4-5-13-18-17;1-10-6-5-9-12(13-10)11-7-3-2-4-8-11;3*1-2-6-10(7-3-1)11-8-4-5-9-12-11;;;;/h2-8,10-13H,1H3;2-9,11-13H,1H3;1-9,11-13H;1-11,13H;2-7,9H,1H3;3*1-6,8-9H;;;;/q8*-1;;;;. The van der Waals surface area contributed by atoms with Crippen molar-refractivity contribution in [3.05, 3.63) is 533 Å². The van der Waals surface area contributed by atoms with Crippen molar-refractivity contribution in [3.63, 3.8) is 0 Å². The monoisotopic (exact) mass is 2350 g/mol. The molecule has 0 unspecified atom stereocenters. The molecule has 4 radical (unpaired) electrons.